The van der Waals surface area contributed by atoms with Crippen LogP contribution < -0.4 is 4.74 Å². The van der Waals surface area contributed by atoms with Crippen molar-refractivity contribution in [1.82, 2.24) is 9.97 Å². The molecule has 0 bridgehead atoms. The Labute approximate surface area is 105 Å². The average molecular weight is 246 g/mol. The van der Waals surface area contributed by atoms with E-state index < -0.39 is 5.97 Å². The van der Waals surface area contributed by atoms with Crippen LogP contribution in [0.1, 0.15) is 16.2 Å². The number of esters is 1. The number of aromatic amines is 1. The van der Waals surface area contributed by atoms with Crippen LogP contribution in [-0.2, 0) is 4.74 Å². The normalized spacial score (nSPS) is 10.2. The molecule has 1 aromatic carbocycles. The molecule has 5 heteroatoms. The first-order valence-corrected chi connectivity index (χ1v) is 5.45. The number of nitrogens with one attached hydrogen (secondary N) is 1. The van der Waals surface area contributed by atoms with Gasteiger partial charge in [0.15, 0.2) is 5.69 Å². The van der Waals surface area contributed by atoms with E-state index in [1.165, 1.54) is 7.11 Å². The fourth-order valence-electron chi connectivity index (χ4n) is 1.72. The van der Waals surface area contributed by atoms with Crippen molar-refractivity contribution in [3.05, 3.63) is 35.7 Å². The van der Waals surface area contributed by atoms with E-state index >= 15 is 0 Å². The van der Waals surface area contributed by atoms with Gasteiger partial charge in [-0.05, 0) is 19.1 Å². The molecule has 94 valence electrons. The number of carbonyl (C=O) groups excluding carboxylic acids is 1. The first-order chi connectivity index (χ1) is 8.67. The monoisotopic (exact) mass is 246 g/mol. The summed E-state index contributed by atoms with van der Waals surface area (Å²) >= 11 is 0. The number of nitrogens with zero attached hydrogens (tertiary/aromatic N) is 1. The molecule has 0 unspecified atom stereocenters. The second-order valence-corrected chi connectivity index (χ2v) is 3.75. The Kier molecular flexibility index (Phi) is 3.32. The Morgan fingerprint density at radius 3 is 2.67 bits per heavy atom. The van der Waals surface area contributed by atoms with E-state index in [4.69, 9.17) is 4.74 Å². The molecule has 0 aliphatic heterocycles. The first kappa shape index (κ1) is 12.2. The number of H-pyrrole nitrogens is 1. The van der Waals surface area contributed by atoms with Crippen molar-refractivity contribution >= 4 is 5.97 Å². The summed E-state index contributed by atoms with van der Waals surface area (Å²) in [4.78, 5) is 18.8. The first-order valence-electron chi connectivity index (χ1n) is 5.45. The summed E-state index contributed by atoms with van der Waals surface area (Å²) in [7, 11) is 2.93. The van der Waals surface area contributed by atoms with Crippen molar-refractivity contribution in [2.75, 3.05) is 14.2 Å². The largest absolute Gasteiger partial charge is 0.496 e. The summed E-state index contributed by atoms with van der Waals surface area (Å²) < 4.78 is 9.93. The van der Waals surface area contributed by atoms with Crippen molar-refractivity contribution in [1.29, 1.82) is 0 Å². The zero-order valence-electron chi connectivity index (χ0n) is 10.5. The Morgan fingerprint density at radius 2 is 2.00 bits per heavy atom. The summed E-state index contributed by atoms with van der Waals surface area (Å²) in [5.41, 5.74) is 1.76. The minimum Gasteiger partial charge on any atom is -0.496 e. The molecule has 2 aromatic rings. The summed E-state index contributed by atoms with van der Waals surface area (Å²) in [6.45, 7) is 1.78. The van der Waals surface area contributed by atoms with Gasteiger partial charge in [0.2, 0.25) is 0 Å². The highest BCUT2D eigenvalue weighted by atomic mass is 16.5. The zero-order valence-corrected chi connectivity index (χ0v) is 10.5. The van der Waals surface area contributed by atoms with Gasteiger partial charge in [0.25, 0.3) is 0 Å². The number of hydrogen-bond donors (Lipinski definition) is 1. The SMILES string of the molecule is COC(=O)c1nc(-c2ccccc2OC)[nH]c1C. The summed E-state index contributed by atoms with van der Waals surface area (Å²) in [6.07, 6.45) is 0. The molecule has 0 amide bonds. The van der Waals surface area contributed by atoms with E-state index in [0.717, 1.165) is 5.56 Å². The Morgan fingerprint density at radius 1 is 1.28 bits per heavy atom. The molecule has 5 nitrogen and oxygen atoms in total. The molecule has 0 aliphatic carbocycles. The standard InChI is InChI=1S/C13H14N2O3/c1-8-11(13(16)18-3)15-12(14-8)9-6-4-5-7-10(9)17-2/h4-7H,1-3H3,(H,14,15). The van der Waals surface area contributed by atoms with Gasteiger partial charge in [-0.1, -0.05) is 12.1 Å². The molecule has 0 saturated carbocycles. The molecule has 18 heavy (non-hydrogen) atoms. The van der Waals surface area contributed by atoms with Gasteiger partial charge in [-0.2, -0.15) is 0 Å². The van der Waals surface area contributed by atoms with Gasteiger partial charge in [0.05, 0.1) is 19.8 Å². The van der Waals surface area contributed by atoms with E-state index in [-0.39, 0.29) is 0 Å². The van der Waals surface area contributed by atoms with Gasteiger partial charge in [-0.3, -0.25) is 0 Å². The topological polar surface area (TPSA) is 64.2 Å². The molecule has 1 aromatic heterocycles. The number of para-hydroxylation sites is 1. The van der Waals surface area contributed by atoms with Gasteiger partial charge >= 0.3 is 5.97 Å². The van der Waals surface area contributed by atoms with E-state index in [0.29, 0.717) is 23.0 Å². The second-order valence-electron chi connectivity index (χ2n) is 3.75. The molecule has 0 saturated heterocycles. The predicted molar refractivity (Wildman–Crippen MR) is 66.7 cm³/mol. The maximum atomic E-state index is 11.5. The lowest BCUT2D eigenvalue weighted by Crippen LogP contribution is -2.03. The number of hydrogen-bond acceptors (Lipinski definition) is 4. The van der Waals surface area contributed by atoms with E-state index in [1.807, 2.05) is 24.3 Å². The maximum absolute atomic E-state index is 11.5. The van der Waals surface area contributed by atoms with Crippen molar-refractivity contribution in [2.45, 2.75) is 6.92 Å². The second kappa shape index (κ2) is 4.91. The number of imidazole rings is 1. The number of carbonyl (C=O) groups is 1. The molecule has 2 rings (SSSR count). The quantitative estimate of drug-likeness (QED) is 0.843. The lowest BCUT2D eigenvalue weighted by molar-refractivity contribution is 0.0594. The molecular formula is C13H14N2O3. The minimum atomic E-state index is -0.454. The molecule has 1 heterocycles. The van der Waals surface area contributed by atoms with E-state index in [1.54, 1.807) is 14.0 Å². The van der Waals surface area contributed by atoms with Crippen molar-refractivity contribution in [2.24, 2.45) is 0 Å². The molecule has 0 radical (unpaired) electrons. The van der Waals surface area contributed by atoms with Crippen LogP contribution >= 0.6 is 0 Å². The van der Waals surface area contributed by atoms with Crippen LogP contribution in [-0.4, -0.2) is 30.2 Å². The molecule has 1 N–H and O–H groups in total. The number of ether oxygens (including phenoxy) is 2. The van der Waals surface area contributed by atoms with Gasteiger partial charge < -0.3 is 14.5 Å². The number of methoxy groups -OCH3 is 2. The van der Waals surface area contributed by atoms with Crippen LogP contribution in [0.25, 0.3) is 11.4 Å². The maximum Gasteiger partial charge on any atom is 0.358 e. The fraction of sp³-hybridized carbons (Fsp3) is 0.231. The number of rotatable bonds is 3. The van der Waals surface area contributed by atoms with Crippen LogP contribution in [0.3, 0.4) is 0 Å². The number of aryl methyl sites for hydroxylation is 1. The molecule has 0 atom stereocenters. The molecule has 0 aliphatic rings. The minimum absolute atomic E-state index is 0.290. The highest BCUT2D eigenvalue weighted by molar-refractivity contribution is 5.89. The third-order valence-electron chi connectivity index (χ3n) is 2.63. The van der Waals surface area contributed by atoms with Crippen molar-refractivity contribution in [3.63, 3.8) is 0 Å². The van der Waals surface area contributed by atoms with Gasteiger partial charge in [0.1, 0.15) is 11.6 Å². The Hall–Kier alpha value is -2.30. The highest BCUT2D eigenvalue weighted by Crippen LogP contribution is 2.28. The highest BCUT2D eigenvalue weighted by Gasteiger charge is 2.17. The van der Waals surface area contributed by atoms with E-state index in [2.05, 4.69) is 14.7 Å². The van der Waals surface area contributed by atoms with Crippen molar-refractivity contribution < 1.29 is 14.3 Å². The summed E-state index contributed by atoms with van der Waals surface area (Å²) in [5, 5.41) is 0. The van der Waals surface area contributed by atoms with Crippen LogP contribution in [0, 0.1) is 6.92 Å². The van der Waals surface area contributed by atoms with Crippen LogP contribution in [0.2, 0.25) is 0 Å². The summed E-state index contributed by atoms with van der Waals surface area (Å²) in [5.74, 6) is 0.831. The van der Waals surface area contributed by atoms with Crippen molar-refractivity contribution in [3.8, 4) is 17.1 Å². The predicted octanol–water partition coefficient (Wildman–Crippen LogP) is 2.18. The number of benzene rings is 1. The third kappa shape index (κ3) is 2.07. The third-order valence-corrected chi connectivity index (χ3v) is 2.63. The lowest BCUT2D eigenvalue weighted by Gasteiger charge is -2.04. The lowest BCUT2D eigenvalue weighted by atomic mass is 10.2. The molecular weight excluding hydrogens is 232 g/mol. The van der Waals surface area contributed by atoms with Gasteiger partial charge in [-0.15, -0.1) is 0 Å². The van der Waals surface area contributed by atoms with E-state index in [9.17, 15) is 4.79 Å². The van der Waals surface area contributed by atoms with Gasteiger partial charge in [0, 0.05) is 5.69 Å². The van der Waals surface area contributed by atoms with Crippen LogP contribution in [0.5, 0.6) is 5.75 Å². The zero-order chi connectivity index (χ0) is 13.1. The Balaban J connectivity index is 2.49. The Bertz CT molecular complexity index is 575. The molecule has 0 fully saturated rings. The summed E-state index contributed by atoms with van der Waals surface area (Å²) in [6, 6.07) is 7.47. The van der Waals surface area contributed by atoms with Crippen LogP contribution in [0.15, 0.2) is 24.3 Å². The fourth-order valence-corrected chi connectivity index (χ4v) is 1.72. The smallest absolute Gasteiger partial charge is 0.358 e. The number of aromatic nitrogens is 2. The molecule has 0 spiro atoms. The average Bonchev–Trinajstić information content (AvgIpc) is 2.79. The van der Waals surface area contributed by atoms with Crippen LogP contribution in [0.4, 0.5) is 0 Å². The van der Waals surface area contributed by atoms with Gasteiger partial charge in [-0.25, -0.2) is 9.78 Å².